The highest BCUT2D eigenvalue weighted by molar-refractivity contribution is 5.78. The average molecular weight is 263 g/mol. The van der Waals surface area contributed by atoms with E-state index in [-0.39, 0.29) is 17.9 Å². The van der Waals surface area contributed by atoms with Gasteiger partial charge in [0, 0.05) is 12.0 Å². The Kier molecular flexibility index (Phi) is 6.03. The molecule has 1 amide bonds. The van der Waals surface area contributed by atoms with Gasteiger partial charge in [-0.05, 0) is 25.3 Å². The molecule has 0 atom stereocenters. The molecule has 19 heavy (non-hydrogen) atoms. The van der Waals surface area contributed by atoms with E-state index >= 15 is 0 Å². The van der Waals surface area contributed by atoms with Gasteiger partial charge in [-0.25, -0.2) is 0 Å². The number of aryl methyl sites for hydroxylation is 1. The predicted octanol–water partition coefficient (Wildman–Crippen LogP) is 2.45. The summed E-state index contributed by atoms with van der Waals surface area (Å²) in [6.07, 6.45) is 2.13. The summed E-state index contributed by atoms with van der Waals surface area (Å²) in [6.45, 7) is 6.78. The molecule has 106 valence electrons. The van der Waals surface area contributed by atoms with Crippen molar-refractivity contribution in [2.45, 2.75) is 40.0 Å². The molecule has 2 N–H and O–H groups in total. The summed E-state index contributed by atoms with van der Waals surface area (Å²) in [6, 6.07) is 7.99. The van der Waals surface area contributed by atoms with Crippen molar-refractivity contribution in [3.05, 3.63) is 35.4 Å². The zero-order valence-electron chi connectivity index (χ0n) is 12.2. The average Bonchev–Trinajstić information content (AvgIpc) is 2.44. The number of benzene rings is 1. The normalized spacial score (nSPS) is 11.4. The van der Waals surface area contributed by atoms with Gasteiger partial charge in [-0.15, -0.1) is 0 Å². The molecule has 1 rings (SSSR count). The zero-order chi connectivity index (χ0) is 14.3. The third kappa shape index (κ3) is 4.67. The van der Waals surface area contributed by atoms with Gasteiger partial charge < -0.3 is 10.4 Å². The fourth-order valence-electron chi connectivity index (χ4n) is 2.02. The minimum absolute atomic E-state index is 0.0172. The van der Waals surface area contributed by atoms with Crippen molar-refractivity contribution in [1.29, 1.82) is 0 Å². The molecule has 1 aromatic rings. The van der Waals surface area contributed by atoms with Gasteiger partial charge >= 0.3 is 0 Å². The number of aliphatic hydroxyl groups is 1. The number of carbonyl (C=O) groups excluding carboxylic acids is 1. The van der Waals surface area contributed by atoms with Crippen LogP contribution in [0.1, 0.15) is 37.8 Å². The topological polar surface area (TPSA) is 49.3 Å². The fourth-order valence-corrected chi connectivity index (χ4v) is 2.02. The number of amides is 1. The van der Waals surface area contributed by atoms with E-state index < -0.39 is 0 Å². The first-order valence-corrected chi connectivity index (χ1v) is 6.98. The summed E-state index contributed by atoms with van der Waals surface area (Å²) in [4.78, 5) is 11.9. The first kappa shape index (κ1) is 15.7. The predicted molar refractivity (Wildman–Crippen MR) is 78.0 cm³/mol. The Labute approximate surface area is 116 Å². The molecule has 0 aliphatic carbocycles. The molecule has 0 aliphatic rings. The maximum absolute atomic E-state index is 11.9. The number of aliphatic hydroxyl groups excluding tert-OH is 1. The van der Waals surface area contributed by atoms with E-state index in [0.29, 0.717) is 13.0 Å². The van der Waals surface area contributed by atoms with Gasteiger partial charge in [-0.1, -0.05) is 43.7 Å². The van der Waals surface area contributed by atoms with E-state index in [9.17, 15) is 9.90 Å². The standard InChI is InChI=1S/C16H25NO2/c1-4-16(5-2,12-18)11-17-15(19)10-14-8-6-13(3)7-9-14/h6-9,18H,4-5,10-12H2,1-3H3,(H,17,19). The van der Waals surface area contributed by atoms with Gasteiger partial charge in [-0.2, -0.15) is 0 Å². The second-order valence-electron chi connectivity index (χ2n) is 5.30. The SMILES string of the molecule is CCC(CC)(CO)CNC(=O)Cc1ccc(C)cc1. The number of hydrogen-bond donors (Lipinski definition) is 2. The number of carbonyl (C=O) groups is 1. The summed E-state index contributed by atoms with van der Waals surface area (Å²) in [5, 5.41) is 12.4. The van der Waals surface area contributed by atoms with Crippen molar-refractivity contribution in [2.75, 3.05) is 13.2 Å². The highest BCUT2D eigenvalue weighted by Crippen LogP contribution is 2.24. The van der Waals surface area contributed by atoms with Crippen LogP contribution in [0.4, 0.5) is 0 Å². The summed E-state index contributed by atoms with van der Waals surface area (Å²) in [5.74, 6) is 0.0172. The Morgan fingerprint density at radius 3 is 2.26 bits per heavy atom. The molecule has 0 saturated heterocycles. The van der Waals surface area contributed by atoms with Crippen molar-refractivity contribution in [2.24, 2.45) is 5.41 Å². The summed E-state index contributed by atoms with van der Waals surface area (Å²) in [5.41, 5.74) is 2.04. The molecule has 0 spiro atoms. The lowest BCUT2D eigenvalue weighted by atomic mass is 9.83. The number of nitrogens with one attached hydrogen (secondary N) is 1. The monoisotopic (exact) mass is 263 g/mol. The van der Waals surface area contributed by atoms with Gasteiger partial charge in [0.2, 0.25) is 5.91 Å². The van der Waals surface area contributed by atoms with Gasteiger partial charge in [0.15, 0.2) is 0 Å². The van der Waals surface area contributed by atoms with Gasteiger partial charge in [0.25, 0.3) is 0 Å². The molecule has 3 nitrogen and oxygen atoms in total. The molecule has 0 bridgehead atoms. The van der Waals surface area contributed by atoms with Crippen LogP contribution in [-0.2, 0) is 11.2 Å². The van der Waals surface area contributed by atoms with E-state index in [0.717, 1.165) is 18.4 Å². The van der Waals surface area contributed by atoms with Crippen LogP contribution in [-0.4, -0.2) is 24.2 Å². The first-order valence-electron chi connectivity index (χ1n) is 6.98. The van der Waals surface area contributed by atoms with Gasteiger partial charge in [-0.3, -0.25) is 4.79 Å². The van der Waals surface area contributed by atoms with E-state index in [2.05, 4.69) is 5.32 Å². The third-order valence-electron chi connectivity index (χ3n) is 3.98. The van der Waals surface area contributed by atoms with Crippen molar-refractivity contribution in [1.82, 2.24) is 5.32 Å². The molecule has 1 aromatic carbocycles. The lowest BCUT2D eigenvalue weighted by Gasteiger charge is -2.29. The van der Waals surface area contributed by atoms with Crippen molar-refractivity contribution >= 4 is 5.91 Å². The quantitative estimate of drug-likeness (QED) is 0.794. The smallest absolute Gasteiger partial charge is 0.224 e. The molecule has 0 saturated carbocycles. The number of rotatable bonds is 7. The van der Waals surface area contributed by atoms with Crippen molar-refractivity contribution < 1.29 is 9.90 Å². The van der Waals surface area contributed by atoms with Crippen LogP contribution in [0.5, 0.6) is 0 Å². The van der Waals surface area contributed by atoms with E-state index in [1.54, 1.807) is 0 Å². The molecular formula is C16H25NO2. The van der Waals surface area contributed by atoms with E-state index in [1.807, 2.05) is 45.0 Å². The zero-order valence-corrected chi connectivity index (χ0v) is 12.2. The molecule has 0 aliphatic heterocycles. The molecular weight excluding hydrogens is 238 g/mol. The molecule has 0 unspecified atom stereocenters. The highest BCUT2D eigenvalue weighted by Gasteiger charge is 2.25. The van der Waals surface area contributed by atoms with Crippen molar-refractivity contribution in [3.8, 4) is 0 Å². The summed E-state index contributed by atoms with van der Waals surface area (Å²) < 4.78 is 0. The van der Waals surface area contributed by atoms with E-state index in [4.69, 9.17) is 0 Å². The molecule has 0 aromatic heterocycles. The second-order valence-corrected chi connectivity index (χ2v) is 5.30. The Bertz CT molecular complexity index is 385. The fraction of sp³-hybridized carbons (Fsp3) is 0.562. The van der Waals surface area contributed by atoms with Crippen LogP contribution in [0.25, 0.3) is 0 Å². The number of hydrogen-bond acceptors (Lipinski definition) is 2. The van der Waals surface area contributed by atoms with Crippen LogP contribution >= 0.6 is 0 Å². The Morgan fingerprint density at radius 1 is 1.21 bits per heavy atom. The maximum atomic E-state index is 11.9. The molecule has 0 fully saturated rings. The van der Waals surface area contributed by atoms with Crippen LogP contribution in [0.2, 0.25) is 0 Å². The summed E-state index contributed by atoms with van der Waals surface area (Å²) >= 11 is 0. The first-order chi connectivity index (χ1) is 9.05. The molecule has 3 heteroatoms. The van der Waals surface area contributed by atoms with Gasteiger partial charge in [0.05, 0.1) is 13.0 Å². The minimum atomic E-state index is -0.178. The van der Waals surface area contributed by atoms with Crippen LogP contribution in [0.3, 0.4) is 0 Å². The lowest BCUT2D eigenvalue weighted by Crippen LogP contribution is -2.39. The third-order valence-corrected chi connectivity index (χ3v) is 3.98. The van der Waals surface area contributed by atoms with E-state index in [1.165, 1.54) is 5.56 Å². The van der Waals surface area contributed by atoms with Crippen LogP contribution in [0.15, 0.2) is 24.3 Å². The minimum Gasteiger partial charge on any atom is -0.396 e. The molecule has 0 radical (unpaired) electrons. The van der Waals surface area contributed by atoms with Crippen molar-refractivity contribution in [3.63, 3.8) is 0 Å². The lowest BCUT2D eigenvalue weighted by molar-refractivity contribution is -0.121. The second kappa shape index (κ2) is 7.29. The van der Waals surface area contributed by atoms with Gasteiger partial charge in [0.1, 0.15) is 0 Å². The Morgan fingerprint density at radius 2 is 1.79 bits per heavy atom. The van der Waals surface area contributed by atoms with Crippen LogP contribution < -0.4 is 5.32 Å². The van der Waals surface area contributed by atoms with Crippen LogP contribution in [0, 0.1) is 12.3 Å². The Balaban J connectivity index is 2.49. The maximum Gasteiger partial charge on any atom is 0.224 e. The Hall–Kier alpha value is -1.35. The summed E-state index contributed by atoms with van der Waals surface area (Å²) in [7, 11) is 0. The highest BCUT2D eigenvalue weighted by atomic mass is 16.3. The largest absolute Gasteiger partial charge is 0.396 e. The molecule has 0 heterocycles.